The summed E-state index contributed by atoms with van der Waals surface area (Å²) in [6.07, 6.45) is 3.28. The number of amides is 1. The molecule has 3 atom stereocenters. The Balaban J connectivity index is 2.01. The molecule has 8 heteroatoms. The fourth-order valence-electron chi connectivity index (χ4n) is 3.91. The SMILES string of the molecule is CC=Cc1ccc2c(c1)O[C@H](CN(C)C(=O)c1ccccc1)[C@@H](C)CN([C@@H](C)CO)S2(=O)=O. The maximum Gasteiger partial charge on any atom is 0.253 e. The Morgan fingerprint density at radius 3 is 2.61 bits per heavy atom. The molecule has 0 aliphatic carbocycles. The second-order valence-corrected chi connectivity index (χ2v) is 10.4. The van der Waals surface area contributed by atoms with Crippen LogP contribution >= 0.6 is 0 Å². The maximum absolute atomic E-state index is 13.5. The van der Waals surface area contributed by atoms with Crippen LogP contribution in [0, 0.1) is 5.92 Å². The van der Waals surface area contributed by atoms with E-state index < -0.39 is 22.2 Å². The van der Waals surface area contributed by atoms with Gasteiger partial charge in [0.2, 0.25) is 10.0 Å². The monoisotopic (exact) mass is 472 g/mol. The van der Waals surface area contributed by atoms with E-state index in [1.165, 1.54) is 4.31 Å². The Morgan fingerprint density at radius 2 is 1.97 bits per heavy atom. The van der Waals surface area contributed by atoms with E-state index >= 15 is 0 Å². The van der Waals surface area contributed by atoms with Crippen LogP contribution in [0.4, 0.5) is 0 Å². The summed E-state index contributed by atoms with van der Waals surface area (Å²) < 4.78 is 34.6. The van der Waals surface area contributed by atoms with E-state index in [0.717, 1.165) is 5.56 Å². The first kappa shape index (κ1) is 25.0. The molecule has 0 unspecified atom stereocenters. The average Bonchev–Trinajstić information content (AvgIpc) is 2.81. The highest BCUT2D eigenvalue weighted by Crippen LogP contribution is 2.34. The molecule has 0 bridgehead atoms. The second kappa shape index (κ2) is 10.5. The molecule has 7 nitrogen and oxygen atoms in total. The van der Waals surface area contributed by atoms with E-state index in [4.69, 9.17) is 4.74 Å². The van der Waals surface area contributed by atoms with Crippen molar-refractivity contribution in [2.24, 2.45) is 5.92 Å². The Morgan fingerprint density at radius 1 is 1.27 bits per heavy atom. The highest BCUT2D eigenvalue weighted by atomic mass is 32.2. The minimum atomic E-state index is -3.89. The lowest BCUT2D eigenvalue weighted by molar-refractivity contribution is 0.0563. The minimum absolute atomic E-state index is 0.0602. The van der Waals surface area contributed by atoms with Crippen LogP contribution in [0.15, 0.2) is 59.5 Å². The van der Waals surface area contributed by atoms with E-state index in [0.29, 0.717) is 5.56 Å². The maximum atomic E-state index is 13.5. The summed E-state index contributed by atoms with van der Waals surface area (Å²) >= 11 is 0. The van der Waals surface area contributed by atoms with E-state index in [9.17, 15) is 18.3 Å². The lowest BCUT2D eigenvalue weighted by Gasteiger charge is -2.37. The molecule has 2 aromatic rings. The van der Waals surface area contributed by atoms with Crippen LogP contribution < -0.4 is 4.74 Å². The molecule has 0 spiro atoms. The highest BCUT2D eigenvalue weighted by molar-refractivity contribution is 7.89. The summed E-state index contributed by atoms with van der Waals surface area (Å²) in [5, 5.41) is 9.74. The van der Waals surface area contributed by atoms with Gasteiger partial charge in [-0.2, -0.15) is 4.31 Å². The van der Waals surface area contributed by atoms with Gasteiger partial charge in [-0.1, -0.05) is 43.3 Å². The molecule has 1 N–H and O–H groups in total. The van der Waals surface area contributed by atoms with Gasteiger partial charge in [-0.05, 0) is 43.7 Å². The molecule has 1 aliphatic rings. The van der Waals surface area contributed by atoms with E-state index in [2.05, 4.69) is 0 Å². The van der Waals surface area contributed by atoms with Crippen molar-refractivity contribution in [3.05, 3.63) is 65.7 Å². The Hall–Kier alpha value is -2.68. The lowest BCUT2D eigenvalue weighted by Crippen LogP contribution is -2.50. The van der Waals surface area contributed by atoms with Gasteiger partial charge in [0.15, 0.2) is 0 Å². The van der Waals surface area contributed by atoms with Gasteiger partial charge in [-0.15, -0.1) is 0 Å². The number of sulfonamides is 1. The van der Waals surface area contributed by atoms with Crippen LogP contribution in [-0.2, 0) is 10.0 Å². The summed E-state index contributed by atoms with van der Waals surface area (Å²) in [6, 6.07) is 13.4. The number of hydrogen-bond donors (Lipinski definition) is 1. The molecule has 178 valence electrons. The molecule has 0 saturated heterocycles. The van der Waals surface area contributed by atoms with Gasteiger partial charge in [-0.25, -0.2) is 8.42 Å². The average molecular weight is 473 g/mol. The van der Waals surface area contributed by atoms with E-state index in [-0.39, 0.29) is 42.2 Å². The third kappa shape index (κ3) is 5.46. The third-order valence-corrected chi connectivity index (χ3v) is 7.89. The summed E-state index contributed by atoms with van der Waals surface area (Å²) in [5.41, 5.74) is 1.39. The topological polar surface area (TPSA) is 87.2 Å². The largest absolute Gasteiger partial charge is 0.487 e. The van der Waals surface area contributed by atoms with Gasteiger partial charge in [0.1, 0.15) is 16.7 Å². The van der Waals surface area contributed by atoms with Crippen molar-refractivity contribution in [2.75, 3.05) is 26.7 Å². The number of allylic oxidation sites excluding steroid dienone is 1. The first-order chi connectivity index (χ1) is 15.7. The van der Waals surface area contributed by atoms with Gasteiger partial charge in [0.25, 0.3) is 5.91 Å². The number of likely N-dealkylation sites (N-methyl/N-ethyl adjacent to an activating group) is 1. The van der Waals surface area contributed by atoms with Crippen LogP contribution in [0.2, 0.25) is 0 Å². The van der Waals surface area contributed by atoms with Crippen LogP contribution in [0.5, 0.6) is 5.75 Å². The number of nitrogens with zero attached hydrogens (tertiary/aromatic N) is 2. The standard InChI is InChI=1S/C25H32N2O5S/c1-5-9-20-12-13-24-22(14-20)32-23(16-26(4)25(29)21-10-7-6-8-11-21)18(2)15-27(19(3)17-28)33(24,30)31/h5-14,18-19,23,28H,15-17H2,1-4H3/t18-,19-,23+/m0/s1. The summed E-state index contributed by atoms with van der Waals surface area (Å²) in [6.45, 7) is 5.62. The zero-order chi connectivity index (χ0) is 24.2. The smallest absolute Gasteiger partial charge is 0.253 e. The molecule has 1 heterocycles. The number of rotatable bonds is 6. The van der Waals surface area contributed by atoms with Gasteiger partial charge in [0.05, 0.1) is 13.2 Å². The van der Waals surface area contributed by atoms with Crippen molar-refractivity contribution < 1.29 is 23.1 Å². The number of ether oxygens (including phenoxy) is 1. The Kier molecular flexibility index (Phi) is 7.94. The molecule has 0 radical (unpaired) electrons. The predicted octanol–water partition coefficient (Wildman–Crippen LogP) is 3.26. The van der Waals surface area contributed by atoms with E-state index in [1.807, 2.05) is 44.2 Å². The summed E-state index contributed by atoms with van der Waals surface area (Å²) in [7, 11) is -2.17. The first-order valence-corrected chi connectivity index (χ1v) is 12.5. The van der Waals surface area contributed by atoms with Crippen LogP contribution in [0.25, 0.3) is 6.08 Å². The molecule has 33 heavy (non-hydrogen) atoms. The lowest BCUT2D eigenvalue weighted by atomic mass is 10.0. The molecular weight excluding hydrogens is 440 g/mol. The fraction of sp³-hybridized carbons (Fsp3) is 0.400. The number of fused-ring (bicyclic) bond motifs is 1. The minimum Gasteiger partial charge on any atom is -0.487 e. The number of hydrogen-bond acceptors (Lipinski definition) is 5. The number of aliphatic hydroxyl groups excluding tert-OH is 1. The number of carbonyl (C=O) groups is 1. The van der Waals surface area contributed by atoms with Crippen molar-refractivity contribution in [3.63, 3.8) is 0 Å². The number of benzene rings is 2. The van der Waals surface area contributed by atoms with Crippen LogP contribution in [0.3, 0.4) is 0 Å². The van der Waals surface area contributed by atoms with Crippen molar-refractivity contribution in [2.45, 2.75) is 37.8 Å². The fourth-order valence-corrected chi connectivity index (χ4v) is 5.74. The zero-order valence-electron chi connectivity index (χ0n) is 19.5. The Labute approximate surface area is 196 Å². The second-order valence-electron chi connectivity index (χ2n) is 8.50. The van der Waals surface area contributed by atoms with Gasteiger partial charge < -0.3 is 14.7 Å². The van der Waals surface area contributed by atoms with Crippen LogP contribution in [0.1, 0.15) is 36.7 Å². The van der Waals surface area contributed by atoms with Gasteiger partial charge >= 0.3 is 0 Å². The Bertz CT molecular complexity index is 1100. The van der Waals surface area contributed by atoms with Gasteiger partial charge in [-0.3, -0.25) is 4.79 Å². The van der Waals surface area contributed by atoms with Crippen molar-refractivity contribution in [1.29, 1.82) is 0 Å². The molecule has 3 rings (SSSR count). The van der Waals surface area contributed by atoms with Crippen molar-refractivity contribution >= 4 is 22.0 Å². The quantitative estimate of drug-likeness (QED) is 0.697. The van der Waals surface area contributed by atoms with E-state index in [1.54, 1.807) is 49.2 Å². The number of aliphatic hydroxyl groups is 1. The molecule has 0 saturated carbocycles. The third-order valence-electron chi connectivity index (χ3n) is 5.87. The van der Waals surface area contributed by atoms with Crippen LogP contribution in [-0.4, -0.2) is 67.5 Å². The van der Waals surface area contributed by atoms with Gasteiger partial charge in [0, 0.05) is 31.1 Å². The molecular formula is C25H32N2O5S. The normalized spacial score (nSPS) is 21.5. The molecule has 0 fully saturated rings. The molecule has 1 amide bonds. The van der Waals surface area contributed by atoms with Crippen molar-refractivity contribution in [1.82, 2.24) is 9.21 Å². The number of carbonyl (C=O) groups excluding carboxylic acids is 1. The zero-order valence-corrected chi connectivity index (χ0v) is 20.3. The van der Waals surface area contributed by atoms with Crippen molar-refractivity contribution in [3.8, 4) is 5.75 Å². The molecule has 1 aliphatic heterocycles. The predicted molar refractivity (Wildman–Crippen MR) is 129 cm³/mol. The first-order valence-electron chi connectivity index (χ1n) is 11.1. The summed E-state index contributed by atoms with van der Waals surface area (Å²) in [5.74, 6) is -0.124. The molecule has 0 aromatic heterocycles. The molecule has 2 aromatic carbocycles. The summed E-state index contributed by atoms with van der Waals surface area (Å²) in [4.78, 5) is 14.6. The highest BCUT2D eigenvalue weighted by Gasteiger charge is 2.38.